The van der Waals surface area contributed by atoms with Crippen LogP contribution in [0.5, 0.6) is 0 Å². The SMILES string of the molecule is CCCC[C@H]1C(=O)N(C)[C@@H](CCCC)C(=O)N[C@@H](CCCNC(=N)N)C(=O)N[C@H](C(=O)NCC(N)=O)CSCC(=O)N[C@@H](C)C(=O)N(C)[C@@H](C)C(=O)N[C@@H](CC(N)=O)C(=O)N2CCCC2C(=O)N[C@@H](Cc2cnc[nH]2)C(=O)N[C@@H](CC(C)C)C(=O)N(C)CC(=O)N[C@@H](Cc2c[nH]c3ccccc23)C(=O)N[C@@H](CO)C(=O)N[C@@H](Cc2c[nH]c3ccccc23)C(=O)N1C. The van der Waals surface area contributed by atoms with Crippen molar-refractivity contribution in [2.45, 2.75) is 216 Å². The Hall–Kier alpha value is -12.7. The fourth-order valence-electron chi connectivity index (χ4n) is 14.9. The minimum absolute atomic E-state index is 0.00336. The maximum Gasteiger partial charge on any atom is 0.246 e. The third-order valence-electron chi connectivity index (χ3n) is 22.0. The van der Waals surface area contributed by atoms with Gasteiger partial charge in [0.2, 0.25) is 100 Å². The Kier molecular flexibility index (Phi) is 38.7. The van der Waals surface area contributed by atoms with Gasteiger partial charge in [-0.3, -0.25) is 86.9 Å². The van der Waals surface area contributed by atoms with E-state index in [2.05, 4.69) is 78.4 Å². The quantitative estimate of drug-likeness (QED) is 0.0163. The molecule has 2 saturated heterocycles. The zero-order valence-corrected chi connectivity index (χ0v) is 73.6. The number of hydrogen-bond donors (Lipinski definition) is 19. The molecule has 0 radical (unpaired) electrons. The van der Waals surface area contributed by atoms with Crippen molar-refractivity contribution >= 4 is 140 Å². The lowest BCUT2D eigenvalue weighted by atomic mass is 10.00. The molecule has 0 aliphatic carbocycles. The van der Waals surface area contributed by atoms with Gasteiger partial charge >= 0.3 is 0 Å². The Bertz CT molecular complexity index is 4690. The van der Waals surface area contributed by atoms with E-state index in [-0.39, 0.29) is 83.2 Å². The molecule has 2 aromatic carbocycles. The number of guanidine groups is 1. The summed E-state index contributed by atoms with van der Waals surface area (Å²) in [5.41, 5.74) is 19.3. The predicted octanol–water partition coefficient (Wildman–Crippen LogP) is -3.36. The molecular weight excluding hydrogens is 1650 g/mol. The first-order chi connectivity index (χ1) is 59.9. The summed E-state index contributed by atoms with van der Waals surface area (Å²) in [6, 6.07) is -5.30. The number of fused-ring (bicyclic) bond motifs is 3. The molecule has 2 fully saturated rings. The first kappa shape index (κ1) is 100. The molecule has 688 valence electrons. The molecule has 0 bridgehead atoms. The number of likely N-dealkylation sites (N-methyl/N-ethyl adjacent to an activating group) is 4. The number of aromatic amines is 3. The van der Waals surface area contributed by atoms with Gasteiger partial charge < -0.3 is 120 Å². The van der Waals surface area contributed by atoms with Gasteiger partial charge in [-0.05, 0) is 88.0 Å². The Morgan fingerprint density at radius 3 is 1.71 bits per heavy atom. The normalized spacial score (nSPS) is 24.1. The number of nitrogens with one attached hydrogen (secondary N) is 15. The van der Waals surface area contributed by atoms with E-state index in [0.717, 1.165) is 36.3 Å². The van der Waals surface area contributed by atoms with Crippen LogP contribution in [0, 0.1) is 11.3 Å². The number of carbonyl (C=O) groups excluding carboxylic acids is 17. The van der Waals surface area contributed by atoms with Crippen LogP contribution in [0.2, 0.25) is 0 Å². The minimum Gasteiger partial charge on any atom is -0.394 e. The Morgan fingerprint density at radius 1 is 0.563 bits per heavy atom. The van der Waals surface area contributed by atoms with Crippen molar-refractivity contribution in [1.29, 1.82) is 5.41 Å². The number of nitrogens with two attached hydrogens (primary N) is 3. The van der Waals surface area contributed by atoms with Crippen LogP contribution in [-0.4, -0.2) is 307 Å². The number of imidazole rings is 1. The standard InChI is InChI=1S/C83H122N24O18S/c1-11-13-26-63-76(119)96-55(25-19-29-89-83(86)87)72(115)102-62(71(114)92-39-67(85)110)42-126-43-69(112)94-46(5)78(121)104(8)47(6)70(113)98-60(35-66(84)109)81(124)107-30-20-28-64(107)77(120)97-57(34-50-38-88-44-93-50)74(117)99-58(31-45(3)4)79(122)103(7)40-68(111)95-56(32-48-36-90-53-23-17-15-21-51(48)53)73(116)101-61(41-108)75(118)100-59(33-49-37-91-54-24-18-16-22-52(49)54)80(123)106(10)65(27-14-12-2)82(125)105(63)9/h15-18,21-24,36-38,44-47,55-65,90-91,108H,11-14,19-20,25-35,39-43H2,1-10H3,(H2,84,109)(H2,85,110)(H,88,93)(H,92,114)(H,94,112)(H,95,111)(H,96,119)(H,97,120)(H,98,113)(H,99,117)(H,100,118)(H,101,116)(H,102,115)(H4,86,87,89)/t46-,47-,55-,56-,57-,58-,59-,60-,61-,62-,63-,64?,65-/m0/s1. The summed E-state index contributed by atoms with van der Waals surface area (Å²) >= 11 is 0.789. The molecule has 13 atom stereocenters. The second kappa shape index (κ2) is 48.5. The summed E-state index contributed by atoms with van der Waals surface area (Å²) in [6.07, 6.45) is 6.25. The molecule has 22 N–H and O–H groups in total. The van der Waals surface area contributed by atoms with Gasteiger partial charge in [0.25, 0.3) is 0 Å². The number of nitrogens with zero attached hydrogens (tertiary/aromatic N) is 6. The van der Waals surface area contributed by atoms with Gasteiger partial charge in [-0.1, -0.05) is 89.8 Å². The molecule has 3 aromatic heterocycles. The van der Waals surface area contributed by atoms with Gasteiger partial charge in [-0.2, -0.15) is 0 Å². The average molecular weight is 1780 g/mol. The summed E-state index contributed by atoms with van der Waals surface area (Å²) in [7, 11) is 5.21. The number of primary amides is 2. The highest BCUT2D eigenvalue weighted by Gasteiger charge is 2.44. The number of hydrogen-bond acceptors (Lipinski definition) is 21. The summed E-state index contributed by atoms with van der Waals surface area (Å²) in [5.74, 6) is -17.0. The number of aliphatic hydroxyl groups excluding tert-OH is 1. The molecule has 1 unspecified atom stereocenters. The lowest BCUT2D eigenvalue weighted by Crippen LogP contribution is -2.61. The summed E-state index contributed by atoms with van der Waals surface area (Å²) in [4.78, 5) is 264. The first-order valence-electron chi connectivity index (χ1n) is 42.1. The van der Waals surface area contributed by atoms with Gasteiger partial charge in [0.05, 0.1) is 38.2 Å². The smallest absolute Gasteiger partial charge is 0.246 e. The van der Waals surface area contributed by atoms with Crippen molar-refractivity contribution in [3.8, 4) is 0 Å². The zero-order chi connectivity index (χ0) is 92.8. The van der Waals surface area contributed by atoms with Crippen molar-refractivity contribution in [3.05, 3.63) is 90.3 Å². The van der Waals surface area contributed by atoms with Gasteiger partial charge in [-0.15, -0.1) is 11.8 Å². The number of rotatable bonds is 24. The maximum atomic E-state index is 15.6. The van der Waals surface area contributed by atoms with E-state index >= 15 is 24.0 Å². The van der Waals surface area contributed by atoms with Gasteiger partial charge in [0.15, 0.2) is 5.96 Å². The molecule has 5 aromatic rings. The molecular formula is C83H122N24O18S. The van der Waals surface area contributed by atoms with Gasteiger partial charge in [-0.25, -0.2) is 4.98 Å². The van der Waals surface area contributed by atoms with Crippen LogP contribution in [0.4, 0.5) is 0 Å². The zero-order valence-electron chi connectivity index (χ0n) is 72.8. The van der Waals surface area contributed by atoms with Crippen molar-refractivity contribution in [3.63, 3.8) is 0 Å². The van der Waals surface area contributed by atoms with E-state index in [4.69, 9.17) is 22.6 Å². The van der Waals surface area contributed by atoms with E-state index in [0.29, 0.717) is 64.3 Å². The number of thioether (sulfide) groups is 1. The molecule has 0 spiro atoms. The predicted molar refractivity (Wildman–Crippen MR) is 465 cm³/mol. The molecule has 126 heavy (non-hydrogen) atoms. The van der Waals surface area contributed by atoms with Gasteiger partial charge in [0.1, 0.15) is 78.5 Å². The summed E-state index contributed by atoms with van der Waals surface area (Å²) < 4.78 is 0. The number of benzene rings is 2. The highest BCUT2D eigenvalue weighted by atomic mass is 32.2. The van der Waals surface area contributed by atoms with E-state index in [1.807, 2.05) is 13.8 Å². The highest BCUT2D eigenvalue weighted by Crippen LogP contribution is 2.26. The molecule has 5 heterocycles. The van der Waals surface area contributed by atoms with Crippen LogP contribution in [0.15, 0.2) is 73.4 Å². The number of carbonyl (C=O) groups is 17. The fourth-order valence-corrected chi connectivity index (χ4v) is 15.8. The van der Waals surface area contributed by atoms with Crippen LogP contribution in [0.3, 0.4) is 0 Å². The summed E-state index contributed by atoms with van der Waals surface area (Å²) in [5, 5.41) is 49.0. The second-order valence-electron chi connectivity index (χ2n) is 32.1. The second-order valence-corrected chi connectivity index (χ2v) is 33.2. The molecule has 2 aliphatic rings. The monoisotopic (exact) mass is 1770 g/mol. The summed E-state index contributed by atoms with van der Waals surface area (Å²) in [6.45, 7) is 7.24. The van der Waals surface area contributed by atoms with E-state index < -0.39 is 223 Å². The minimum atomic E-state index is -1.85. The number of para-hydroxylation sites is 2. The number of H-pyrrole nitrogens is 3. The fraction of sp³-hybridized carbons (Fsp3) is 0.554. The Morgan fingerprint density at radius 2 is 1.12 bits per heavy atom. The number of amides is 17. The number of aliphatic hydroxyl groups is 1. The molecule has 17 amide bonds. The largest absolute Gasteiger partial charge is 0.394 e. The highest BCUT2D eigenvalue weighted by molar-refractivity contribution is 8.00. The molecule has 2 aliphatic heterocycles. The first-order valence-corrected chi connectivity index (χ1v) is 43.3. The number of aromatic nitrogens is 4. The van der Waals surface area contributed by atoms with Crippen LogP contribution < -0.4 is 75.7 Å². The van der Waals surface area contributed by atoms with Crippen LogP contribution in [-0.2, 0) is 101 Å². The van der Waals surface area contributed by atoms with Crippen molar-refractivity contribution in [2.24, 2.45) is 23.1 Å². The van der Waals surface area contributed by atoms with E-state index in [9.17, 15) is 62.6 Å². The molecule has 43 heteroatoms. The van der Waals surface area contributed by atoms with Crippen molar-refractivity contribution in [1.82, 2.24) is 103 Å². The average Bonchev–Trinajstić information content (AvgIpc) is 1.43. The van der Waals surface area contributed by atoms with Gasteiger partial charge in [0, 0.05) is 112 Å². The topological polar surface area (TPSA) is 621 Å². The molecule has 7 rings (SSSR count). The van der Waals surface area contributed by atoms with Crippen molar-refractivity contribution < 1.29 is 86.6 Å². The van der Waals surface area contributed by atoms with E-state index in [1.54, 1.807) is 74.8 Å². The third-order valence-corrected chi connectivity index (χ3v) is 23.0. The lowest BCUT2D eigenvalue weighted by molar-refractivity contribution is -0.149. The number of unbranched alkanes of at least 4 members (excludes halogenated alkanes) is 2. The molecule has 0 saturated carbocycles. The third kappa shape index (κ3) is 28.9. The van der Waals surface area contributed by atoms with Crippen LogP contribution in [0.25, 0.3) is 21.8 Å². The van der Waals surface area contributed by atoms with E-state index in [1.165, 1.54) is 54.6 Å². The van der Waals surface area contributed by atoms with Crippen LogP contribution in [0.1, 0.15) is 135 Å². The Balaban J connectivity index is 1.28. The Labute approximate surface area is 733 Å². The van der Waals surface area contributed by atoms with Crippen LogP contribution >= 0.6 is 11.8 Å². The lowest BCUT2D eigenvalue weighted by Gasteiger charge is -2.36. The maximum absolute atomic E-state index is 15.6. The molecule has 42 nitrogen and oxygen atoms in total. The van der Waals surface area contributed by atoms with Crippen molar-refractivity contribution in [2.75, 3.05) is 72.5 Å².